The second kappa shape index (κ2) is 5.85. The first-order valence-electron chi connectivity index (χ1n) is 7.70. The molecule has 120 valence electrons. The average molecular weight is 320 g/mol. The van der Waals surface area contributed by atoms with Crippen LogP contribution in [0.1, 0.15) is 15.9 Å². The quantitative estimate of drug-likeness (QED) is 0.743. The zero-order valence-electron chi connectivity index (χ0n) is 13.2. The smallest absolute Gasteiger partial charge is 0.256 e. The van der Waals surface area contributed by atoms with E-state index in [1.807, 2.05) is 48.5 Å². The summed E-state index contributed by atoms with van der Waals surface area (Å²) < 4.78 is 10.7. The molecule has 2 aromatic carbocycles. The lowest BCUT2D eigenvalue weighted by Gasteiger charge is -2.18. The second-order valence-corrected chi connectivity index (χ2v) is 5.73. The first kappa shape index (κ1) is 14.5. The number of benzene rings is 2. The van der Waals surface area contributed by atoms with Crippen LogP contribution in [0.2, 0.25) is 0 Å². The van der Waals surface area contributed by atoms with Gasteiger partial charge in [0.1, 0.15) is 0 Å². The van der Waals surface area contributed by atoms with E-state index in [-0.39, 0.29) is 12.7 Å². The molecule has 0 saturated heterocycles. The van der Waals surface area contributed by atoms with E-state index in [4.69, 9.17) is 9.47 Å². The fraction of sp³-hybridized carbons (Fsp3) is 0.158. The van der Waals surface area contributed by atoms with Crippen molar-refractivity contribution in [1.29, 1.82) is 0 Å². The monoisotopic (exact) mass is 320 g/mol. The van der Waals surface area contributed by atoms with Gasteiger partial charge in [-0.25, -0.2) is 0 Å². The van der Waals surface area contributed by atoms with Crippen molar-refractivity contribution in [2.45, 2.75) is 6.54 Å². The number of pyridine rings is 1. The van der Waals surface area contributed by atoms with Crippen LogP contribution in [0.15, 0.2) is 54.7 Å². The van der Waals surface area contributed by atoms with E-state index in [9.17, 15) is 4.79 Å². The number of rotatable bonds is 3. The van der Waals surface area contributed by atoms with Gasteiger partial charge in [0.15, 0.2) is 11.5 Å². The van der Waals surface area contributed by atoms with Gasteiger partial charge in [0.05, 0.1) is 11.1 Å². The van der Waals surface area contributed by atoms with E-state index >= 15 is 0 Å². The zero-order valence-corrected chi connectivity index (χ0v) is 13.2. The van der Waals surface area contributed by atoms with E-state index < -0.39 is 0 Å². The number of amides is 1. The number of carbonyl (C=O) groups excluding carboxylic acids is 1. The van der Waals surface area contributed by atoms with E-state index in [2.05, 4.69) is 4.98 Å². The SMILES string of the molecule is CN(Cc1ccc2c(c1)OCO2)C(=O)c1cccc2cccnc12. The van der Waals surface area contributed by atoms with Crippen LogP contribution in [-0.2, 0) is 6.54 Å². The number of carbonyl (C=O) groups is 1. The molecule has 0 atom stereocenters. The summed E-state index contributed by atoms with van der Waals surface area (Å²) in [5.41, 5.74) is 2.32. The number of fused-ring (bicyclic) bond motifs is 2. The highest BCUT2D eigenvalue weighted by molar-refractivity contribution is 6.05. The second-order valence-electron chi connectivity index (χ2n) is 5.73. The number of hydrogen-bond donors (Lipinski definition) is 0. The third kappa shape index (κ3) is 2.54. The standard InChI is InChI=1S/C19H16N2O3/c1-21(11-13-7-8-16-17(10-13)24-12-23-16)19(22)15-6-2-4-14-5-3-9-20-18(14)15/h2-10H,11-12H2,1H3. The lowest BCUT2D eigenvalue weighted by atomic mass is 10.1. The average Bonchev–Trinajstić information content (AvgIpc) is 3.08. The molecular formula is C19H16N2O3. The number of ether oxygens (including phenoxy) is 2. The molecule has 1 aliphatic rings. The van der Waals surface area contributed by atoms with Crippen molar-refractivity contribution in [3.63, 3.8) is 0 Å². The minimum Gasteiger partial charge on any atom is -0.454 e. The summed E-state index contributed by atoms with van der Waals surface area (Å²) in [7, 11) is 1.79. The van der Waals surface area contributed by atoms with Gasteiger partial charge in [0, 0.05) is 25.2 Å². The molecule has 1 aromatic heterocycles. The van der Waals surface area contributed by atoms with Gasteiger partial charge in [0.25, 0.3) is 5.91 Å². The zero-order chi connectivity index (χ0) is 16.5. The third-order valence-electron chi connectivity index (χ3n) is 4.07. The molecule has 5 heteroatoms. The lowest BCUT2D eigenvalue weighted by molar-refractivity contribution is 0.0786. The number of hydrogen-bond acceptors (Lipinski definition) is 4. The Labute approximate surface area is 139 Å². The first-order valence-corrected chi connectivity index (χ1v) is 7.70. The molecule has 0 bridgehead atoms. The molecular weight excluding hydrogens is 304 g/mol. The van der Waals surface area contributed by atoms with Gasteiger partial charge in [-0.3, -0.25) is 9.78 Å². The summed E-state index contributed by atoms with van der Waals surface area (Å²) in [5, 5.41) is 0.958. The highest BCUT2D eigenvalue weighted by Gasteiger charge is 2.18. The van der Waals surface area contributed by atoms with E-state index in [1.54, 1.807) is 18.1 Å². The Bertz CT molecular complexity index is 918. The fourth-order valence-corrected chi connectivity index (χ4v) is 2.87. The Hall–Kier alpha value is -3.08. The Morgan fingerprint density at radius 2 is 1.96 bits per heavy atom. The number of nitrogens with zero attached hydrogens (tertiary/aromatic N) is 2. The van der Waals surface area contributed by atoms with Crippen LogP contribution in [-0.4, -0.2) is 29.6 Å². The maximum absolute atomic E-state index is 12.8. The molecule has 1 aliphatic heterocycles. The van der Waals surface area contributed by atoms with Crippen LogP contribution in [0.3, 0.4) is 0 Å². The van der Waals surface area contributed by atoms with Gasteiger partial charge in [-0.05, 0) is 29.8 Å². The van der Waals surface area contributed by atoms with E-state index in [0.717, 1.165) is 28.0 Å². The summed E-state index contributed by atoms with van der Waals surface area (Å²) in [4.78, 5) is 18.9. The van der Waals surface area contributed by atoms with Crippen LogP contribution in [0.25, 0.3) is 10.9 Å². The molecule has 5 nitrogen and oxygen atoms in total. The molecule has 0 fully saturated rings. The lowest BCUT2D eigenvalue weighted by Crippen LogP contribution is -2.26. The van der Waals surface area contributed by atoms with Crippen molar-refractivity contribution in [3.05, 3.63) is 65.9 Å². The van der Waals surface area contributed by atoms with Crippen molar-refractivity contribution >= 4 is 16.8 Å². The van der Waals surface area contributed by atoms with Crippen LogP contribution >= 0.6 is 0 Å². The van der Waals surface area contributed by atoms with Crippen LogP contribution < -0.4 is 9.47 Å². The molecule has 0 aliphatic carbocycles. The largest absolute Gasteiger partial charge is 0.454 e. The summed E-state index contributed by atoms with van der Waals surface area (Å²) >= 11 is 0. The Balaban J connectivity index is 1.59. The van der Waals surface area contributed by atoms with Crippen molar-refractivity contribution in [2.24, 2.45) is 0 Å². The molecule has 0 unspecified atom stereocenters. The molecule has 0 radical (unpaired) electrons. The molecule has 1 amide bonds. The van der Waals surface area contributed by atoms with Gasteiger partial charge >= 0.3 is 0 Å². The molecule has 0 spiro atoms. The van der Waals surface area contributed by atoms with Gasteiger partial charge in [-0.1, -0.05) is 24.3 Å². The third-order valence-corrected chi connectivity index (χ3v) is 4.07. The predicted octanol–water partition coefficient (Wildman–Crippen LogP) is 3.24. The molecule has 0 N–H and O–H groups in total. The summed E-state index contributed by atoms with van der Waals surface area (Å²) in [6.07, 6.45) is 1.71. The van der Waals surface area contributed by atoms with Gasteiger partial charge in [-0.15, -0.1) is 0 Å². The van der Waals surface area contributed by atoms with Gasteiger partial charge < -0.3 is 14.4 Å². The topological polar surface area (TPSA) is 51.7 Å². The summed E-state index contributed by atoms with van der Waals surface area (Å²) in [6, 6.07) is 15.2. The van der Waals surface area contributed by atoms with Crippen LogP contribution in [0, 0.1) is 0 Å². The Morgan fingerprint density at radius 1 is 1.12 bits per heavy atom. The molecule has 2 heterocycles. The molecule has 4 rings (SSSR count). The van der Waals surface area contributed by atoms with Gasteiger partial charge in [-0.2, -0.15) is 0 Å². The predicted molar refractivity (Wildman–Crippen MR) is 90.1 cm³/mol. The molecule has 24 heavy (non-hydrogen) atoms. The maximum atomic E-state index is 12.8. The summed E-state index contributed by atoms with van der Waals surface area (Å²) in [5.74, 6) is 1.41. The van der Waals surface area contributed by atoms with Crippen molar-refractivity contribution in [2.75, 3.05) is 13.8 Å². The Kier molecular flexibility index (Phi) is 3.54. The van der Waals surface area contributed by atoms with Crippen molar-refractivity contribution in [1.82, 2.24) is 9.88 Å². The maximum Gasteiger partial charge on any atom is 0.256 e. The fourth-order valence-electron chi connectivity index (χ4n) is 2.87. The summed E-state index contributed by atoms with van der Waals surface area (Å²) in [6.45, 7) is 0.730. The van der Waals surface area contributed by atoms with Gasteiger partial charge in [0.2, 0.25) is 6.79 Å². The van der Waals surface area contributed by atoms with Crippen LogP contribution in [0.5, 0.6) is 11.5 Å². The van der Waals surface area contributed by atoms with Crippen LogP contribution in [0.4, 0.5) is 0 Å². The minimum absolute atomic E-state index is 0.0584. The van der Waals surface area contributed by atoms with Crippen molar-refractivity contribution in [3.8, 4) is 11.5 Å². The normalized spacial score (nSPS) is 12.4. The molecule has 0 saturated carbocycles. The number of para-hydroxylation sites is 1. The highest BCUT2D eigenvalue weighted by Crippen LogP contribution is 2.32. The van der Waals surface area contributed by atoms with Crippen molar-refractivity contribution < 1.29 is 14.3 Å². The Morgan fingerprint density at radius 3 is 2.88 bits per heavy atom. The van der Waals surface area contributed by atoms with E-state index in [0.29, 0.717) is 12.1 Å². The highest BCUT2D eigenvalue weighted by atomic mass is 16.7. The minimum atomic E-state index is -0.0584. The first-order chi connectivity index (χ1) is 11.7. The van der Waals surface area contributed by atoms with E-state index in [1.165, 1.54) is 0 Å². The number of aromatic nitrogens is 1. The molecule has 3 aromatic rings.